The highest BCUT2D eigenvalue weighted by Crippen LogP contribution is 2.17. The predicted molar refractivity (Wildman–Crippen MR) is 264 cm³/mol. The Morgan fingerprint density at radius 1 is 0.475 bits per heavy atom. The Kier molecular flexibility index (Phi) is 46.6. The maximum atomic E-state index is 13.2. The first kappa shape index (κ1) is 58.6. The Hall–Kier alpha value is -2.44. The lowest BCUT2D eigenvalue weighted by atomic mass is 10.0. The highest BCUT2D eigenvalue weighted by molar-refractivity contribution is 5.77. The van der Waals surface area contributed by atoms with Crippen LogP contribution in [0.2, 0.25) is 0 Å². The summed E-state index contributed by atoms with van der Waals surface area (Å²) in [6, 6.07) is -0.715. The Morgan fingerprint density at radius 2 is 0.836 bits per heavy atom. The van der Waals surface area contributed by atoms with Crippen molar-refractivity contribution >= 4 is 11.9 Å². The second kappa shape index (κ2) is 48.6. The van der Waals surface area contributed by atoms with Crippen molar-refractivity contribution in [3.05, 3.63) is 60.8 Å². The summed E-state index contributed by atoms with van der Waals surface area (Å²) >= 11 is 0. The van der Waals surface area contributed by atoms with Gasteiger partial charge in [-0.1, -0.05) is 210 Å². The van der Waals surface area contributed by atoms with Crippen molar-refractivity contribution in [2.45, 2.75) is 270 Å². The van der Waals surface area contributed by atoms with Crippen LogP contribution in [0.5, 0.6) is 0 Å². The quantitative estimate of drug-likeness (QED) is 0.0322. The van der Waals surface area contributed by atoms with Crippen molar-refractivity contribution in [2.24, 2.45) is 0 Å². The molecule has 0 rings (SSSR count). The third-order valence-electron chi connectivity index (χ3n) is 11.6. The SMILES string of the molecule is CCCCC/C=C\C/C=C\C/C=C\C/C=C\CCCC(=O)OC(CCCCCCC/C=C/CCCCCCCC)CC(=O)NC(CO)C(O)CCCCCCCCCCCC. The molecule has 3 atom stereocenters. The zero-order valence-electron chi connectivity index (χ0n) is 40.3. The minimum absolute atomic E-state index is 0.0494. The molecule has 0 aromatic heterocycles. The van der Waals surface area contributed by atoms with Gasteiger partial charge in [-0.3, -0.25) is 9.59 Å². The monoisotopic (exact) mass is 854 g/mol. The number of hydrogen-bond donors (Lipinski definition) is 3. The number of esters is 1. The standard InChI is InChI=1S/C55H99NO5/c1-4-7-10-13-16-19-22-24-26-27-29-31-33-36-39-42-45-48-55(60)61-51(46-43-40-37-34-32-30-28-25-23-20-17-14-11-8-5-2)49-54(59)56-52(50-57)53(58)47-44-41-38-35-21-18-15-12-9-6-3/h16,19,24-26,28-29,31,36,39,51-53,57-58H,4-15,17-18,20-23,27,30,32-35,37-38,40-50H2,1-3H3,(H,56,59)/b19-16-,26-24-,28-25+,31-29-,39-36-. The summed E-state index contributed by atoms with van der Waals surface area (Å²) in [6.07, 6.45) is 60.0. The van der Waals surface area contributed by atoms with Crippen molar-refractivity contribution in [2.75, 3.05) is 6.61 Å². The highest BCUT2D eigenvalue weighted by atomic mass is 16.5. The van der Waals surface area contributed by atoms with Crippen LogP contribution in [0.3, 0.4) is 0 Å². The summed E-state index contributed by atoms with van der Waals surface area (Å²) in [5, 5.41) is 23.7. The van der Waals surface area contributed by atoms with Crippen molar-refractivity contribution in [3.8, 4) is 0 Å². The van der Waals surface area contributed by atoms with Gasteiger partial charge in [0.05, 0.1) is 25.2 Å². The molecule has 0 heterocycles. The van der Waals surface area contributed by atoms with Crippen molar-refractivity contribution < 1.29 is 24.5 Å². The zero-order valence-corrected chi connectivity index (χ0v) is 40.3. The molecule has 0 aromatic rings. The minimum Gasteiger partial charge on any atom is -0.462 e. The van der Waals surface area contributed by atoms with E-state index in [1.54, 1.807) is 0 Å². The molecule has 354 valence electrons. The second-order valence-corrected chi connectivity index (χ2v) is 17.6. The van der Waals surface area contributed by atoms with Gasteiger partial charge in [-0.15, -0.1) is 0 Å². The lowest BCUT2D eigenvalue weighted by molar-refractivity contribution is -0.151. The molecule has 0 fully saturated rings. The number of hydrogen-bond acceptors (Lipinski definition) is 5. The van der Waals surface area contributed by atoms with Crippen LogP contribution in [0.25, 0.3) is 0 Å². The van der Waals surface area contributed by atoms with E-state index in [0.29, 0.717) is 25.7 Å². The Morgan fingerprint density at radius 3 is 1.31 bits per heavy atom. The van der Waals surface area contributed by atoms with Crippen LogP contribution in [0.1, 0.15) is 252 Å². The molecule has 0 spiro atoms. The first-order valence-electron chi connectivity index (χ1n) is 26.0. The smallest absolute Gasteiger partial charge is 0.306 e. The molecule has 0 saturated carbocycles. The van der Waals surface area contributed by atoms with Gasteiger partial charge in [0, 0.05) is 6.42 Å². The Labute approximate surface area is 378 Å². The molecule has 0 aliphatic heterocycles. The number of aliphatic hydroxyl groups excluding tert-OH is 2. The largest absolute Gasteiger partial charge is 0.462 e. The van der Waals surface area contributed by atoms with Crippen LogP contribution in [0, 0.1) is 0 Å². The van der Waals surface area contributed by atoms with Crippen LogP contribution >= 0.6 is 0 Å². The maximum absolute atomic E-state index is 13.2. The molecule has 0 aliphatic carbocycles. The fourth-order valence-corrected chi connectivity index (χ4v) is 7.59. The average Bonchev–Trinajstić information content (AvgIpc) is 3.25. The molecule has 3 unspecified atom stereocenters. The highest BCUT2D eigenvalue weighted by Gasteiger charge is 2.24. The summed E-state index contributed by atoms with van der Waals surface area (Å²) in [4.78, 5) is 26.1. The van der Waals surface area contributed by atoms with Crippen molar-refractivity contribution in [1.29, 1.82) is 0 Å². The fraction of sp³-hybridized carbons (Fsp3) is 0.782. The van der Waals surface area contributed by atoms with Crippen molar-refractivity contribution in [1.82, 2.24) is 5.32 Å². The number of allylic oxidation sites excluding steroid dienone is 10. The molecule has 0 aromatic carbocycles. The van der Waals surface area contributed by atoms with Crippen LogP contribution in [0.15, 0.2) is 60.8 Å². The van der Waals surface area contributed by atoms with E-state index in [1.807, 2.05) is 0 Å². The van der Waals surface area contributed by atoms with Gasteiger partial charge in [-0.05, 0) is 89.9 Å². The summed E-state index contributed by atoms with van der Waals surface area (Å²) in [5.41, 5.74) is 0. The van der Waals surface area contributed by atoms with Gasteiger partial charge in [-0.25, -0.2) is 0 Å². The van der Waals surface area contributed by atoms with Gasteiger partial charge < -0.3 is 20.3 Å². The van der Waals surface area contributed by atoms with E-state index >= 15 is 0 Å². The number of unbranched alkanes of at least 4 members (excludes halogenated alkanes) is 24. The molecule has 0 aliphatic rings. The Bertz CT molecular complexity index is 1090. The van der Waals surface area contributed by atoms with E-state index in [-0.39, 0.29) is 24.9 Å². The van der Waals surface area contributed by atoms with Gasteiger partial charge in [0.2, 0.25) is 5.91 Å². The summed E-state index contributed by atoms with van der Waals surface area (Å²) in [5.74, 6) is -0.547. The normalized spacial score (nSPS) is 13.7. The van der Waals surface area contributed by atoms with Crippen molar-refractivity contribution in [3.63, 3.8) is 0 Å². The van der Waals surface area contributed by atoms with E-state index < -0.39 is 18.2 Å². The first-order valence-corrected chi connectivity index (χ1v) is 26.0. The molecule has 3 N–H and O–H groups in total. The molecule has 1 amide bonds. The molecule has 61 heavy (non-hydrogen) atoms. The van der Waals surface area contributed by atoms with E-state index in [1.165, 1.54) is 128 Å². The third-order valence-corrected chi connectivity index (χ3v) is 11.6. The topological polar surface area (TPSA) is 95.9 Å². The molecule has 6 heteroatoms. The van der Waals surface area contributed by atoms with Gasteiger partial charge in [0.25, 0.3) is 0 Å². The lowest BCUT2D eigenvalue weighted by Crippen LogP contribution is -2.46. The van der Waals surface area contributed by atoms with Gasteiger partial charge in [-0.2, -0.15) is 0 Å². The summed E-state index contributed by atoms with van der Waals surface area (Å²) < 4.78 is 5.90. The van der Waals surface area contributed by atoms with Gasteiger partial charge in [0.1, 0.15) is 6.10 Å². The predicted octanol–water partition coefficient (Wildman–Crippen LogP) is 15.6. The van der Waals surface area contributed by atoms with E-state index in [9.17, 15) is 19.8 Å². The molecule has 0 saturated heterocycles. The number of nitrogens with one attached hydrogen (secondary N) is 1. The molecule has 0 radical (unpaired) electrons. The molecule has 6 nitrogen and oxygen atoms in total. The summed E-state index contributed by atoms with van der Waals surface area (Å²) in [7, 11) is 0. The van der Waals surface area contributed by atoms with E-state index in [2.05, 4.69) is 86.8 Å². The van der Waals surface area contributed by atoms with Crippen LogP contribution in [-0.4, -0.2) is 46.9 Å². The molecular weight excluding hydrogens is 755 g/mol. The number of carbonyl (C=O) groups excluding carboxylic acids is 2. The number of amides is 1. The van der Waals surface area contributed by atoms with Gasteiger partial charge in [0.15, 0.2) is 0 Å². The second-order valence-electron chi connectivity index (χ2n) is 17.6. The van der Waals surface area contributed by atoms with Crippen LogP contribution < -0.4 is 5.32 Å². The Balaban J connectivity index is 4.69. The number of carbonyl (C=O) groups is 2. The average molecular weight is 854 g/mol. The number of aliphatic hydroxyl groups is 2. The third kappa shape index (κ3) is 44.0. The van der Waals surface area contributed by atoms with E-state index in [4.69, 9.17) is 4.74 Å². The number of rotatable bonds is 46. The fourth-order valence-electron chi connectivity index (χ4n) is 7.59. The zero-order chi connectivity index (χ0) is 44.5. The number of ether oxygens (including phenoxy) is 1. The van der Waals surface area contributed by atoms with Gasteiger partial charge >= 0.3 is 5.97 Å². The van der Waals surface area contributed by atoms with Crippen LogP contribution in [-0.2, 0) is 14.3 Å². The lowest BCUT2D eigenvalue weighted by Gasteiger charge is -2.24. The van der Waals surface area contributed by atoms with Crippen LogP contribution in [0.4, 0.5) is 0 Å². The molecular formula is C55H99NO5. The van der Waals surface area contributed by atoms with E-state index in [0.717, 1.165) is 70.6 Å². The minimum atomic E-state index is -0.799. The summed E-state index contributed by atoms with van der Waals surface area (Å²) in [6.45, 7) is 6.43. The maximum Gasteiger partial charge on any atom is 0.306 e. The molecule has 0 bridgehead atoms. The first-order chi connectivity index (χ1) is 30.0.